The summed E-state index contributed by atoms with van der Waals surface area (Å²) >= 11 is 0. The number of benzene rings is 2. The highest BCUT2D eigenvalue weighted by atomic mass is 19.3. The summed E-state index contributed by atoms with van der Waals surface area (Å²) in [4.78, 5) is 24.3. The van der Waals surface area contributed by atoms with Gasteiger partial charge in [0.2, 0.25) is 0 Å². The first-order valence-electron chi connectivity index (χ1n) is 8.62. The lowest BCUT2D eigenvalue weighted by atomic mass is 9.88. The number of ether oxygens (including phenoxy) is 2. The Hall–Kier alpha value is -2.96. The van der Waals surface area contributed by atoms with E-state index in [-0.39, 0.29) is 17.4 Å². The molecule has 0 saturated carbocycles. The quantitative estimate of drug-likeness (QED) is 0.783. The van der Waals surface area contributed by atoms with Crippen LogP contribution in [0, 0.1) is 0 Å². The van der Waals surface area contributed by atoms with E-state index in [1.165, 1.54) is 29.8 Å². The van der Waals surface area contributed by atoms with Gasteiger partial charge in [-0.15, -0.1) is 0 Å². The molecule has 0 bridgehead atoms. The number of halogens is 2. The summed E-state index contributed by atoms with van der Waals surface area (Å²) in [7, 11) is 0. The van der Waals surface area contributed by atoms with Crippen molar-refractivity contribution in [2.45, 2.75) is 31.9 Å². The molecule has 0 unspecified atom stereocenters. The Kier molecular flexibility index (Phi) is 6.01. The maximum Gasteiger partial charge on any atom is 0.387 e. The van der Waals surface area contributed by atoms with Gasteiger partial charge in [-0.3, -0.25) is 4.79 Å². The fourth-order valence-corrected chi connectivity index (χ4v) is 3.18. The Labute approximate surface area is 155 Å². The molecule has 1 aliphatic rings. The van der Waals surface area contributed by atoms with Crippen LogP contribution in [-0.2, 0) is 16.0 Å². The molecule has 0 aromatic heterocycles. The van der Waals surface area contributed by atoms with E-state index in [0.29, 0.717) is 0 Å². The van der Waals surface area contributed by atoms with Crippen LogP contribution in [0.1, 0.15) is 40.4 Å². The van der Waals surface area contributed by atoms with Crippen molar-refractivity contribution in [2.75, 3.05) is 6.61 Å². The Balaban J connectivity index is 1.58. The van der Waals surface area contributed by atoms with Gasteiger partial charge in [-0.05, 0) is 42.5 Å². The third-order valence-corrected chi connectivity index (χ3v) is 4.36. The van der Waals surface area contributed by atoms with Gasteiger partial charge < -0.3 is 14.8 Å². The Morgan fingerprint density at radius 1 is 1.11 bits per heavy atom. The van der Waals surface area contributed by atoms with Gasteiger partial charge in [-0.2, -0.15) is 8.78 Å². The van der Waals surface area contributed by atoms with Crippen molar-refractivity contribution < 1.29 is 27.8 Å². The molecule has 1 N–H and O–H groups in total. The number of rotatable bonds is 6. The lowest BCUT2D eigenvalue weighted by Gasteiger charge is -2.26. The first kappa shape index (κ1) is 18.8. The van der Waals surface area contributed by atoms with Gasteiger partial charge in [0, 0.05) is 0 Å². The second-order valence-electron chi connectivity index (χ2n) is 6.16. The van der Waals surface area contributed by atoms with Crippen LogP contribution in [0.2, 0.25) is 0 Å². The number of esters is 1. The fourth-order valence-electron chi connectivity index (χ4n) is 3.18. The van der Waals surface area contributed by atoms with Gasteiger partial charge in [0.1, 0.15) is 11.3 Å². The number of hydrogen-bond donors (Lipinski definition) is 1. The maximum absolute atomic E-state index is 12.4. The van der Waals surface area contributed by atoms with Gasteiger partial charge in [0.05, 0.1) is 6.04 Å². The SMILES string of the molecule is O=C(COC(=O)c1ccccc1OC(F)F)N[C@@H]1CCCc2ccccc21. The lowest BCUT2D eigenvalue weighted by molar-refractivity contribution is -0.125. The van der Waals surface area contributed by atoms with E-state index in [1.807, 2.05) is 24.3 Å². The molecule has 1 atom stereocenters. The Morgan fingerprint density at radius 2 is 1.85 bits per heavy atom. The molecule has 5 nitrogen and oxygen atoms in total. The molecule has 1 aliphatic carbocycles. The zero-order chi connectivity index (χ0) is 19.2. The highest BCUT2D eigenvalue weighted by Gasteiger charge is 2.22. The van der Waals surface area contributed by atoms with Crippen LogP contribution in [0.5, 0.6) is 5.75 Å². The van der Waals surface area contributed by atoms with Gasteiger partial charge in [-0.25, -0.2) is 4.79 Å². The molecule has 0 radical (unpaired) electrons. The predicted molar refractivity (Wildman–Crippen MR) is 93.6 cm³/mol. The molecular formula is C20H19F2NO4. The minimum absolute atomic E-state index is 0.129. The topological polar surface area (TPSA) is 64.6 Å². The molecule has 3 rings (SSSR count). The summed E-state index contributed by atoms with van der Waals surface area (Å²) < 4.78 is 34.1. The lowest BCUT2D eigenvalue weighted by Crippen LogP contribution is -2.34. The molecule has 0 saturated heterocycles. The maximum atomic E-state index is 12.4. The van der Waals surface area contributed by atoms with Crippen LogP contribution in [0.3, 0.4) is 0 Å². The minimum atomic E-state index is -3.06. The Morgan fingerprint density at radius 3 is 2.67 bits per heavy atom. The standard InChI is InChI=1S/C20H19F2NO4/c21-20(22)27-17-11-4-3-9-15(17)19(25)26-12-18(24)23-16-10-5-7-13-6-1-2-8-14(13)16/h1-4,6,8-9,11,16,20H,5,7,10,12H2,(H,23,24)/t16-/m1/s1. The normalized spacial score (nSPS) is 15.7. The number of carbonyl (C=O) groups is 2. The molecule has 2 aromatic carbocycles. The van der Waals surface area contributed by atoms with Crippen molar-refractivity contribution in [3.63, 3.8) is 0 Å². The second kappa shape index (κ2) is 8.62. The average molecular weight is 375 g/mol. The van der Waals surface area contributed by atoms with Crippen molar-refractivity contribution >= 4 is 11.9 Å². The van der Waals surface area contributed by atoms with Crippen LogP contribution in [-0.4, -0.2) is 25.1 Å². The zero-order valence-corrected chi connectivity index (χ0v) is 14.5. The molecule has 27 heavy (non-hydrogen) atoms. The number of carbonyl (C=O) groups excluding carboxylic acids is 2. The van der Waals surface area contributed by atoms with Gasteiger partial charge in [0.25, 0.3) is 5.91 Å². The highest BCUT2D eigenvalue weighted by Crippen LogP contribution is 2.29. The summed E-state index contributed by atoms with van der Waals surface area (Å²) in [6, 6.07) is 13.3. The second-order valence-corrected chi connectivity index (χ2v) is 6.16. The van der Waals surface area contributed by atoms with Crippen LogP contribution in [0.4, 0.5) is 8.78 Å². The van der Waals surface area contributed by atoms with Crippen LogP contribution < -0.4 is 10.1 Å². The molecule has 0 heterocycles. The predicted octanol–water partition coefficient (Wildman–Crippen LogP) is 3.64. The van der Waals surface area contributed by atoms with Crippen molar-refractivity contribution in [2.24, 2.45) is 0 Å². The van der Waals surface area contributed by atoms with Crippen molar-refractivity contribution in [1.82, 2.24) is 5.32 Å². The minimum Gasteiger partial charge on any atom is -0.452 e. The number of nitrogens with one attached hydrogen (secondary N) is 1. The zero-order valence-electron chi connectivity index (χ0n) is 14.5. The van der Waals surface area contributed by atoms with Crippen LogP contribution >= 0.6 is 0 Å². The van der Waals surface area contributed by atoms with E-state index in [9.17, 15) is 18.4 Å². The molecule has 1 amide bonds. The van der Waals surface area contributed by atoms with E-state index >= 15 is 0 Å². The third-order valence-electron chi connectivity index (χ3n) is 4.36. The largest absolute Gasteiger partial charge is 0.452 e. The highest BCUT2D eigenvalue weighted by molar-refractivity contribution is 5.94. The van der Waals surface area contributed by atoms with Gasteiger partial charge >= 0.3 is 12.6 Å². The Bertz CT molecular complexity index is 825. The molecule has 142 valence electrons. The molecule has 0 fully saturated rings. The summed E-state index contributed by atoms with van der Waals surface area (Å²) in [6.45, 7) is -3.56. The number of amides is 1. The first-order chi connectivity index (χ1) is 13.0. The molecule has 0 spiro atoms. The number of para-hydroxylation sites is 1. The molecule has 2 aromatic rings. The van der Waals surface area contributed by atoms with Crippen molar-refractivity contribution in [3.05, 3.63) is 65.2 Å². The number of alkyl halides is 2. The summed E-state index contributed by atoms with van der Waals surface area (Å²) in [5.74, 6) is -1.64. The van der Waals surface area contributed by atoms with Gasteiger partial charge in [0.15, 0.2) is 6.61 Å². The molecule has 7 heteroatoms. The average Bonchev–Trinajstić information content (AvgIpc) is 2.66. The monoisotopic (exact) mass is 375 g/mol. The van der Waals surface area contributed by atoms with E-state index < -0.39 is 25.1 Å². The van der Waals surface area contributed by atoms with E-state index in [0.717, 1.165) is 24.8 Å². The number of aryl methyl sites for hydroxylation is 1. The van der Waals surface area contributed by atoms with E-state index in [4.69, 9.17) is 4.74 Å². The van der Waals surface area contributed by atoms with Crippen molar-refractivity contribution in [3.8, 4) is 5.75 Å². The summed E-state index contributed by atoms with van der Waals surface area (Å²) in [5.41, 5.74) is 2.11. The summed E-state index contributed by atoms with van der Waals surface area (Å²) in [6.07, 6.45) is 2.74. The summed E-state index contributed by atoms with van der Waals surface area (Å²) in [5, 5.41) is 2.86. The molecule has 0 aliphatic heterocycles. The third kappa shape index (κ3) is 4.81. The fraction of sp³-hybridized carbons (Fsp3) is 0.300. The van der Waals surface area contributed by atoms with Crippen molar-refractivity contribution in [1.29, 1.82) is 0 Å². The van der Waals surface area contributed by atoms with Crippen LogP contribution in [0.25, 0.3) is 0 Å². The number of fused-ring (bicyclic) bond motifs is 1. The smallest absolute Gasteiger partial charge is 0.387 e. The number of hydrogen-bond acceptors (Lipinski definition) is 4. The van der Waals surface area contributed by atoms with E-state index in [1.54, 1.807) is 0 Å². The van der Waals surface area contributed by atoms with Gasteiger partial charge in [-0.1, -0.05) is 36.4 Å². The van der Waals surface area contributed by atoms with Crippen LogP contribution in [0.15, 0.2) is 48.5 Å². The van der Waals surface area contributed by atoms with E-state index in [2.05, 4.69) is 10.1 Å². The molecular weight excluding hydrogens is 356 g/mol. The first-order valence-corrected chi connectivity index (χ1v) is 8.62.